The normalized spacial score (nSPS) is 11.2. The Balaban J connectivity index is 0.000000207. The summed E-state index contributed by atoms with van der Waals surface area (Å²) in [6.45, 7) is 15.2. The van der Waals surface area contributed by atoms with Crippen LogP contribution >= 0.6 is 0 Å². The fraction of sp³-hybridized carbons (Fsp3) is 0.306. The molecule has 7 rings (SSSR count). The van der Waals surface area contributed by atoms with Crippen LogP contribution in [0, 0.1) is 5.41 Å². The average Bonchev–Trinajstić information content (AvgIpc) is 3.75. The summed E-state index contributed by atoms with van der Waals surface area (Å²) in [6.07, 6.45) is 0. The third kappa shape index (κ3) is 8.22. The van der Waals surface area contributed by atoms with Crippen molar-refractivity contribution >= 4 is 67.5 Å². The molecule has 7 aromatic rings. The van der Waals surface area contributed by atoms with Crippen molar-refractivity contribution in [3.8, 4) is 5.75 Å². The lowest BCUT2D eigenvalue weighted by molar-refractivity contribution is -0.112. The minimum atomic E-state index is -0.431. The summed E-state index contributed by atoms with van der Waals surface area (Å²) in [5.74, 6) is 0.0808. The molecular formula is C49H56N8O5. The molecule has 0 unspecified atom stereocenters. The molecule has 0 saturated carbocycles. The van der Waals surface area contributed by atoms with Crippen LogP contribution < -0.4 is 25.4 Å². The van der Waals surface area contributed by atoms with Gasteiger partial charge in [-0.05, 0) is 94.6 Å². The molecule has 3 amide bonds. The Morgan fingerprint density at radius 1 is 0.774 bits per heavy atom. The van der Waals surface area contributed by atoms with Gasteiger partial charge in [0.2, 0.25) is 0 Å². The lowest BCUT2D eigenvalue weighted by Crippen LogP contribution is -2.37. The molecule has 2 N–H and O–H groups in total. The van der Waals surface area contributed by atoms with Crippen molar-refractivity contribution in [3.05, 3.63) is 130 Å². The highest BCUT2D eigenvalue weighted by molar-refractivity contribution is 6.51. The Morgan fingerprint density at radius 3 is 1.97 bits per heavy atom. The summed E-state index contributed by atoms with van der Waals surface area (Å²) in [5.41, 5.74) is 5.35. The Labute approximate surface area is 362 Å². The quantitative estimate of drug-likeness (QED) is 0.118. The molecule has 62 heavy (non-hydrogen) atoms. The average molecular weight is 837 g/mol. The number of nitrogens with one attached hydrogen (secondary N) is 2. The zero-order valence-electron chi connectivity index (χ0n) is 37.2. The van der Waals surface area contributed by atoms with E-state index in [0.717, 1.165) is 39.1 Å². The second-order valence-electron chi connectivity index (χ2n) is 15.5. The lowest BCUT2D eigenvalue weighted by atomic mass is 10.0. The first-order valence-corrected chi connectivity index (χ1v) is 21.0. The summed E-state index contributed by atoms with van der Waals surface area (Å²) < 4.78 is 10.5. The van der Waals surface area contributed by atoms with Crippen LogP contribution in [0.5, 0.6) is 5.75 Å². The van der Waals surface area contributed by atoms with Crippen LogP contribution in [0.1, 0.15) is 92.5 Å². The van der Waals surface area contributed by atoms with Gasteiger partial charge in [0.25, 0.3) is 23.3 Å². The third-order valence-corrected chi connectivity index (χ3v) is 11.1. The number of aryl methyl sites for hydroxylation is 2. The van der Waals surface area contributed by atoms with Crippen molar-refractivity contribution in [2.45, 2.75) is 60.4 Å². The van der Waals surface area contributed by atoms with E-state index in [1.54, 1.807) is 28.5 Å². The molecule has 0 bridgehead atoms. The molecule has 0 fully saturated rings. The van der Waals surface area contributed by atoms with Gasteiger partial charge < -0.3 is 29.0 Å². The van der Waals surface area contributed by atoms with E-state index in [2.05, 4.69) is 24.3 Å². The van der Waals surface area contributed by atoms with Crippen LogP contribution in [0.15, 0.2) is 102 Å². The van der Waals surface area contributed by atoms with Crippen molar-refractivity contribution in [1.29, 1.82) is 5.41 Å². The van der Waals surface area contributed by atoms with E-state index in [9.17, 15) is 19.2 Å². The van der Waals surface area contributed by atoms with E-state index in [0.29, 0.717) is 53.2 Å². The summed E-state index contributed by atoms with van der Waals surface area (Å²) in [6, 6.07) is 30.3. The highest BCUT2D eigenvalue weighted by atomic mass is 16.5. The van der Waals surface area contributed by atoms with E-state index in [4.69, 9.17) is 10.1 Å². The SMILES string of the molecule is CCN(C(=O)C(=N)c1c(C(=O)NC)n(C)c2ccccc12)c1cccc(C(C)C)c1.CCOc1ccc(N(CC)C(=O)c2nn(C(C)C)c(=O)c3c2c2ccccc2n3C)cc1. The predicted octanol–water partition coefficient (Wildman–Crippen LogP) is 8.62. The topological polar surface area (TPSA) is 148 Å². The Bertz CT molecular complexity index is 2870. The molecule has 13 heteroatoms. The Hall–Kier alpha value is -7.02. The maximum absolute atomic E-state index is 13.8. The first kappa shape index (κ1) is 44.5. The van der Waals surface area contributed by atoms with Crippen LogP contribution in [0.3, 0.4) is 0 Å². The summed E-state index contributed by atoms with van der Waals surface area (Å²) in [4.78, 5) is 56.5. The Morgan fingerprint density at radius 2 is 1.39 bits per heavy atom. The number of carbonyl (C=O) groups excluding carboxylic acids is 3. The van der Waals surface area contributed by atoms with E-state index >= 15 is 0 Å². The molecule has 0 aliphatic heterocycles. The first-order chi connectivity index (χ1) is 29.7. The number of para-hydroxylation sites is 2. The highest BCUT2D eigenvalue weighted by Gasteiger charge is 2.30. The van der Waals surface area contributed by atoms with Crippen LogP contribution in [-0.4, -0.2) is 69.1 Å². The molecule has 0 spiro atoms. The molecule has 322 valence electrons. The molecule has 0 saturated heterocycles. The largest absolute Gasteiger partial charge is 0.494 e. The summed E-state index contributed by atoms with van der Waals surface area (Å²) in [7, 11) is 5.18. The maximum atomic E-state index is 13.8. The van der Waals surface area contributed by atoms with Crippen molar-refractivity contribution < 1.29 is 19.1 Å². The van der Waals surface area contributed by atoms with Crippen molar-refractivity contribution in [3.63, 3.8) is 0 Å². The van der Waals surface area contributed by atoms with Gasteiger partial charge in [-0.15, -0.1) is 0 Å². The van der Waals surface area contributed by atoms with E-state index in [1.165, 1.54) is 4.68 Å². The predicted molar refractivity (Wildman–Crippen MR) is 250 cm³/mol. The van der Waals surface area contributed by atoms with Gasteiger partial charge in [-0.2, -0.15) is 5.10 Å². The van der Waals surface area contributed by atoms with Gasteiger partial charge in [0, 0.05) is 78.4 Å². The van der Waals surface area contributed by atoms with Gasteiger partial charge in [-0.1, -0.05) is 62.4 Å². The number of nitrogens with zero attached hydrogens (tertiary/aromatic N) is 6. The van der Waals surface area contributed by atoms with Gasteiger partial charge >= 0.3 is 0 Å². The van der Waals surface area contributed by atoms with Crippen molar-refractivity contribution in [1.82, 2.24) is 24.2 Å². The minimum absolute atomic E-state index is 0.183. The fourth-order valence-corrected chi connectivity index (χ4v) is 7.92. The fourth-order valence-electron chi connectivity index (χ4n) is 7.92. The van der Waals surface area contributed by atoms with E-state index in [1.807, 2.05) is 143 Å². The van der Waals surface area contributed by atoms with Gasteiger partial charge in [-0.3, -0.25) is 24.6 Å². The number of likely N-dealkylation sites (N-methyl/N-ethyl adjacent to an activating group) is 1. The lowest BCUT2D eigenvalue weighted by Gasteiger charge is -2.23. The summed E-state index contributed by atoms with van der Waals surface area (Å²) in [5, 5.41) is 18.1. The number of hydrogen-bond donors (Lipinski definition) is 2. The van der Waals surface area contributed by atoms with Gasteiger partial charge in [-0.25, -0.2) is 4.68 Å². The van der Waals surface area contributed by atoms with Crippen LogP contribution in [-0.2, 0) is 18.9 Å². The standard InChI is InChI=1S/C25H28N4O3.C24H28N4O2/c1-6-28(17-12-14-18(15-13-17)32-7-2)24(30)22-21-19-10-8-9-11-20(19)27(5)23(21)25(31)29(26-22)16(3)4;1-6-28(17-11-9-10-16(14-17)15(2)3)24(30)21(25)20-18-12-7-8-13-19(18)27(5)22(20)23(29)26-4/h8-16H,6-7H2,1-5H3;7-15,25H,6H2,1-5H3,(H,26,29). The minimum Gasteiger partial charge on any atom is -0.494 e. The molecule has 3 heterocycles. The number of ether oxygens (including phenoxy) is 1. The molecule has 0 aliphatic rings. The number of anilines is 2. The molecule has 0 radical (unpaired) electrons. The van der Waals surface area contributed by atoms with Crippen LogP contribution in [0.2, 0.25) is 0 Å². The molecule has 0 atom stereocenters. The number of fused-ring (bicyclic) bond motifs is 4. The van der Waals surface area contributed by atoms with Gasteiger partial charge in [0.05, 0.1) is 12.6 Å². The molecule has 0 aliphatic carbocycles. The zero-order chi connectivity index (χ0) is 45.0. The number of aromatic nitrogens is 4. The highest BCUT2D eigenvalue weighted by Crippen LogP contribution is 2.31. The molecular weight excluding hydrogens is 781 g/mol. The number of benzene rings is 4. The van der Waals surface area contributed by atoms with Crippen molar-refractivity contribution in [2.24, 2.45) is 14.1 Å². The Kier molecular flexibility index (Phi) is 13.4. The molecule has 13 nitrogen and oxygen atoms in total. The first-order valence-electron chi connectivity index (χ1n) is 21.0. The monoisotopic (exact) mass is 836 g/mol. The van der Waals surface area contributed by atoms with Gasteiger partial charge in [0.15, 0.2) is 5.69 Å². The molecule has 4 aromatic carbocycles. The van der Waals surface area contributed by atoms with E-state index < -0.39 is 5.91 Å². The second-order valence-corrected chi connectivity index (χ2v) is 15.5. The van der Waals surface area contributed by atoms with E-state index in [-0.39, 0.29) is 34.8 Å². The molecule has 3 aromatic heterocycles. The smallest absolute Gasteiger partial charge is 0.291 e. The maximum Gasteiger partial charge on any atom is 0.291 e. The summed E-state index contributed by atoms with van der Waals surface area (Å²) >= 11 is 0. The van der Waals surface area contributed by atoms with Gasteiger partial charge in [0.1, 0.15) is 22.7 Å². The zero-order valence-corrected chi connectivity index (χ0v) is 37.2. The number of rotatable bonds is 12. The second kappa shape index (κ2) is 18.7. The van der Waals surface area contributed by atoms with Crippen LogP contribution in [0.25, 0.3) is 32.7 Å². The van der Waals surface area contributed by atoms with Crippen LogP contribution in [0.4, 0.5) is 11.4 Å². The van der Waals surface area contributed by atoms with Crippen molar-refractivity contribution in [2.75, 3.05) is 36.5 Å². The number of carbonyl (C=O) groups is 3. The third-order valence-electron chi connectivity index (χ3n) is 11.1. The number of hydrogen-bond acceptors (Lipinski definition) is 7. The number of amides is 3.